The van der Waals surface area contributed by atoms with E-state index in [-0.39, 0.29) is 5.78 Å². The van der Waals surface area contributed by atoms with Crippen LogP contribution in [0.4, 0.5) is 0 Å². The molecule has 0 spiro atoms. The van der Waals surface area contributed by atoms with Gasteiger partial charge < -0.3 is 14.2 Å². The van der Waals surface area contributed by atoms with E-state index in [1.165, 1.54) is 17.6 Å². The lowest BCUT2D eigenvalue weighted by molar-refractivity contribution is -0.123. The zero-order chi connectivity index (χ0) is 24.2. The van der Waals surface area contributed by atoms with Crippen molar-refractivity contribution in [2.24, 2.45) is 0 Å². The van der Waals surface area contributed by atoms with Crippen LogP contribution in [0.5, 0.6) is 17.2 Å². The minimum atomic E-state index is -0.118. The van der Waals surface area contributed by atoms with Gasteiger partial charge in [0.1, 0.15) is 16.4 Å². The first-order chi connectivity index (χ1) is 16.4. The normalized spacial score (nSPS) is 11.1. The molecule has 1 heterocycles. The lowest BCUT2D eigenvalue weighted by atomic mass is 9.98. The van der Waals surface area contributed by atoms with Crippen LogP contribution in [0.15, 0.2) is 60.9 Å². The molecule has 0 aliphatic rings. The number of benzene rings is 3. The van der Waals surface area contributed by atoms with Crippen molar-refractivity contribution in [1.82, 2.24) is 0 Å². The molecule has 7 heteroatoms. The molecule has 1 aromatic heterocycles. The topological polar surface area (TPSA) is 61.8 Å². The quantitative estimate of drug-likeness (QED) is 0.146. The molecule has 3 aromatic carbocycles. The largest absolute Gasteiger partial charge is 0.497 e. The summed E-state index contributed by atoms with van der Waals surface area (Å²) < 4.78 is 17.1. The second-order valence-electron chi connectivity index (χ2n) is 7.57. The zero-order valence-electron chi connectivity index (χ0n) is 18.8. The molecule has 34 heavy (non-hydrogen) atoms. The molecule has 0 N–H and O–H groups in total. The monoisotopic (exact) mass is 492 g/mol. The van der Waals surface area contributed by atoms with Gasteiger partial charge in [0, 0.05) is 20.7 Å². The van der Waals surface area contributed by atoms with Crippen LogP contribution in [-0.4, -0.2) is 19.4 Å². The maximum Gasteiger partial charge on any atom is 0.297 e. The number of rotatable bonds is 8. The van der Waals surface area contributed by atoms with Gasteiger partial charge in [-0.1, -0.05) is 23.7 Å². The van der Waals surface area contributed by atoms with Gasteiger partial charge in [0.25, 0.3) is 6.47 Å². The first kappa shape index (κ1) is 23.5. The van der Waals surface area contributed by atoms with Gasteiger partial charge in [-0.15, -0.1) is 11.3 Å². The fourth-order valence-electron chi connectivity index (χ4n) is 3.73. The SMILES string of the molecule is COc1ccc2c(Oc3ccc(/C=C/OC=O)cc3)c(C(=O)c3c(C)cc(Cl)cc3C)sc2c1. The Bertz CT molecular complexity index is 1380. The zero-order valence-corrected chi connectivity index (χ0v) is 20.3. The predicted octanol–water partition coefficient (Wildman–Crippen LogP) is 7.35. The molecular weight excluding hydrogens is 472 g/mol. The first-order valence-corrected chi connectivity index (χ1v) is 11.6. The van der Waals surface area contributed by atoms with Gasteiger partial charge in [-0.3, -0.25) is 9.59 Å². The first-order valence-electron chi connectivity index (χ1n) is 10.4. The Morgan fingerprint density at radius 1 is 0.971 bits per heavy atom. The fourth-order valence-corrected chi connectivity index (χ4v) is 5.16. The van der Waals surface area contributed by atoms with Crippen LogP contribution in [0, 0.1) is 13.8 Å². The van der Waals surface area contributed by atoms with Crippen molar-refractivity contribution in [2.75, 3.05) is 7.11 Å². The van der Waals surface area contributed by atoms with Crippen LogP contribution in [-0.2, 0) is 9.53 Å². The van der Waals surface area contributed by atoms with E-state index < -0.39 is 0 Å². The lowest BCUT2D eigenvalue weighted by Gasteiger charge is -2.11. The van der Waals surface area contributed by atoms with E-state index in [4.69, 9.17) is 21.1 Å². The summed E-state index contributed by atoms with van der Waals surface area (Å²) in [5, 5.41) is 1.42. The average molecular weight is 493 g/mol. The number of fused-ring (bicyclic) bond motifs is 1. The van der Waals surface area contributed by atoms with E-state index in [1.807, 2.05) is 44.2 Å². The Balaban J connectivity index is 1.78. The smallest absolute Gasteiger partial charge is 0.297 e. The molecule has 4 aromatic rings. The van der Waals surface area contributed by atoms with Crippen molar-refractivity contribution in [3.63, 3.8) is 0 Å². The standard InChI is InChI=1S/C27H21ClO5S/c1-16-12-19(28)13-17(2)24(16)25(30)27-26(22-9-8-21(31-3)14-23(22)34-27)33-20-6-4-18(5-7-20)10-11-32-15-29/h4-15H,1-3H3/b11-10+. The number of thiophene rings is 1. The number of ether oxygens (including phenoxy) is 3. The van der Waals surface area contributed by atoms with Gasteiger partial charge in [0.15, 0.2) is 5.75 Å². The van der Waals surface area contributed by atoms with E-state index >= 15 is 0 Å². The third-order valence-electron chi connectivity index (χ3n) is 5.28. The number of methoxy groups -OCH3 is 1. The number of hydrogen-bond donors (Lipinski definition) is 0. The van der Waals surface area contributed by atoms with Crippen molar-refractivity contribution in [1.29, 1.82) is 0 Å². The van der Waals surface area contributed by atoms with Gasteiger partial charge in [-0.25, -0.2) is 0 Å². The summed E-state index contributed by atoms with van der Waals surface area (Å²) in [4.78, 5) is 24.5. The number of carbonyl (C=O) groups excluding carboxylic acids is 2. The van der Waals surface area contributed by atoms with Crippen LogP contribution in [0.3, 0.4) is 0 Å². The van der Waals surface area contributed by atoms with Gasteiger partial charge >= 0.3 is 0 Å². The number of hydrogen-bond acceptors (Lipinski definition) is 6. The Morgan fingerprint density at radius 3 is 2.29 bits per heavy atom. The number of carbonyl (C=O) groups is 2. The second kappa shape index (κ2) is 10.1. The van der Waals surface area contributed by atoms with E-state index in [0.717, 1.165) is 26.8 Å². The third kappa shape index (κ3) is 4.83. The van der Waals surface area contributed by atoms with E-state index in [9.17, 15) is 9.59 Å². The van der Waals surface area contributed by atoms with Gasteiger partial charge in [0.05, 0.1) is 13.4 Å². The summed E-state index contributed by atoms with van der Waals surface area (Å²) >= 11 is 7.55. The number of ketones is 1. The fraction of sp³-hybridized carbons (Fsp3) is 0.111. The van der Waals surface area contributed by atoms with Crippen LogP contribution in [0.2, 0.25) is 5.02 Å². The molecule has 0 saturated carbocycles. The molecule has 0 aliphatic carbocycles. The molecule has 0 aliphatic heterocycles. The van der Waals surface area contributed by atoms with Crippen LogP contribution >= 0.6 is 22.9 Å². The highest BCUT2D eigenvalue weighted by atomic mass is 35.5. The number of halogens is 1. The maximum absolute atomic E-state index is 13.7. The molecule has 0 fully saturated rings. The second-order valence-corrected chi connectivity index (χ2v) is 9.06. The lowest BCUT2D eigenvalue weighted by Crippen LogP contribution is -2.06. The van der Waals surface area contributed by atoms with Crippen LogP contribution in [0.25, 0.3) is 16.2 Å². The Kier molecular flexibility index (Phi) is 7.01. The highest BCUT2D eigenvalue weighted by Gasteiger charge is 2.25. The summed E-state index contributed by atoms with van der Waals surface area (Å²) in [7, 11) is 1.61. The molecule has 0 atom stereocenters. The molecule has 4 rings (SSSR count). The Hall–Kier alpha value is -3.61. The molecule has 172 valence electrons. The summed E-state index contributed by atoms with van der Waals surface area (Å²) in [5.74, 6) is 1.65. The highest BCUT2D eigenvalue weighted by Crippen LogP contribution is 2.43. The van der Waals surface area contributed by atoms with Gasteiger partial charge in [-0.2, -0.15) is 0 Å². The van der Waals surface area contributed by atoms with Crippen molar-refractivity contribution >= 4 is 51.4 Å². The minimum Gasteiger partial charge on any atom is -0.497 e. The van der Waals surface area contributed by atoms with E-state index in [0.29, 0.717) is 39.2 Å². The Labute approximate surface area is 206 Å². The van der Waals surface area contributed by atoms with Gasteiger partial charge in [0.2, 0.25) is 5.78 Å². The summed E-state index contributed by atoms with van der Waals surface area (Å²) in [6.07, 6.45) is 2.96. The van der Waals surface area contributed by atoms with E-state index in [1.54, 1.807) is 37.5 Å². The molecular formula is C27H21ClO5S. The van der Waals surface area contributed by atoms with Crippen molar-refractivity contribution in [3.8, 4) is 17.2 Å². The molecule has 0 radical (unpaired) electrons. The van der Waals surface area contributed by atoms with Gasteiger partial charge in [-0.05, 0) is 79.1 Å². The summed E-state index contributed by atoms with van der Waals surface area (Å²) in [5.41, 5.74) is 3.07. The molecule has 5 nitrogen and oxygen atoms in total. The minimum absolute atomic E-state index is 0.118. The van der Waals surface area contributed by atoms with Crippen LogP contribution in [0.1, 0.15) is 31.9 Å². The summed E-state index contributed by atoms with van der Waals surface area (Å²) in [6.45, 7) is 4.11. The molecule has 0 bridgehead atoms. The van der Waals surface area contributed by atoms with E-state index in [2.05, 4.69) is 4.74 Å². The van der Waals surface area contributed by atoms with Crippen molar-refractivity contribution < 1.29 is 23.8 Å². The van der Waals surface area contributed by atoms with Crippen molar-refractivity contribution in [2.45, 2.75) is 13.8 Å². The Morgan fingerprint density at radius 2 is 1.65 bits per heavy atom. The third-order valence-corrected chi connectivity index (χ3v) is 6.63. The predicted molar refractivity (Wildman–Crippen MR) is 135 cm³/mol. The molecule has 0 amide bonds. The number of aryl methyl sites for hydroxylation is 2. The van der Waals surface area contributed by atoms with Crippen molar-refractivity contribution in [3.05, 3.63) is 93.0 Å². The summed E-state index contributed by atoms with van der Waals surface area (Å²) in [6, 6.07) is 16.5. The molecule has 0 saturated heterocycles. The average Bonchev–Trinajstić information content (AvgIpc) is 3.17. The van der Waals surface area contributed by atoms with Crippen LogP contribution < -0.4 is 9.47 Å². The maximum atomic E-state index is 13.7. The molecule has 0 unspecified atom stereocenters. The highest BCUT2D eigenvalue weighted by molar-refractivity contribution is 7.21.